The fraction of sp³-hybridized carbons (Fsp3) is 0.615. The van der Waals surface area contributed by atoms with E-state index in [0.717, 1.165) is 10.4 Å². The molecule has 0 amide bonds. The Morgan fingerprint density at radius 1 is 1.45 bits per heavy atom. The Morgan fingerprint density at radius 3 is 2.50 bits per heavy atom. The van der Waals surface area contributed by atoms with Crippen LogP contribution in [0.3, 0.4) is 0 Å². The number of nitrogens with zero attached hydrogens (tertiary/aromatic N) is 1. The van der Waals surface area contributed by atoms with E-state index < -0.39 is 18.1 Å². The summed E-state index contributed by atoms with van der Waals surface area (Å²) in [5.74, 6) is -2.16. The molecule has 0 atom stereocenters. The summed E-state index contributed by atoms with van der Waals surface area (Å²) < 4.78 is 37.7. The van der Waals surface area contributed by atoms with Crippen molar-refractivity contribution in [2.75, 3.05) is 13.1 Å². The molecule has 1 aliphatic heterocycles. The standard InChI is InChI=1S/C13H16F3NO2S/c1-8-9(6-11(20-8)12(18)19)7-17-4-2-10(3-5-17)13(14,15)16/h6,10H,2-5,7H2,1H3,(H,18,19). The zero-order valence-corrected chi connectivity index (χ0v) is 11.9. The number of rotatable bonds is 3. The van der Waals surface area contributed by atoms with Gasteiger partial charge in [-0.05, 0) is 44.5 Å². The van der Waals surface area contributed by atoms with E-state index >= 15 is 0 Å². The number of carbonyl (C=O) groups is 1. The first-order chi connectivity index (χ1) is 9.27. The van der Waals surface area contributed by atoms with Crippen LogP contribution < -0.4 is 0 Å². The SMILES string of the molecule is Cc1sc(C(=O)O)cc1CN1CCC(C(F)(F)F)CC1. The highest BCUT2D eigenvalue weighted by Crippen LogP contribution is 2.34. The minimum absolute atomic E-state index is 0.123. The molecule has 1 N–H and O–H groups in total. The molecule has 20 heavy (non-hydrogen) atoms. The van der Waals surface area contributed by atoms with E-state index in [1.807, 2.05) is 11.8 Å². The number of hydrogen-bond acceptors (Lipinski definition) is 3. The van der Waals surface area contributed by atoms with E-state index in [1.165, 1.54) is 11.3 Å². The largest absolute Gasteiger partial charge is 0.477 e. The normalized spacial score (nSPS) is 18.4. The molecule has 0 saturated carbocycles. The maximum atomic E-state index is 12.6. The number of hydrogen-bond donors (Lipinski definition) is 1. The Morgan fingerprint density at radius 2 is 2.05 bits per heavy atom. The number of aromatic carboxylic acids is 1. The molecule has 0 radical (unpaired) electrons. The van der Waals surface area contributed by atoms with E-state index in [2.05, 4.69) is 0 Å². The van der Waals surface area contributed by atoms with Gasteiger partial charge in [-0.3, -0.25) is 4.90 Å². The lowest BCUT2D eigenvalue weighted by molar-refractivity contribution is -0.185. The van der Waals surface area contributed by atoms with Gasteiger partial charge in [0.05, 0.1) is 5.92 Å². The zero-order valence-electron chi connectivity index (χ0n) is 11.0. The monoisotopic (exact) mass is 307 g/mol. The lowest BCUT2D eigenvalue weighted by atomic mass is 9.96. The Bertz CT molecular complexity index is 490. The smallest absolute Gasteiger partial charge is 0.391 e. The lowest BCUT2D eigenvalue weighted by Gasteiger charge is -2.32. The number of alkyl halides is 3. The molecule has 0 aliphatic carbocycles. The van der Waals surface area contributed by atoms with Crippen LogP contribution >= 0.6 is 11.3 Å². The van der Waals surface area contributed by atoms with Gasteiger partial charge in [0.25, 0.3) is 0 Å². The molecule has 1 fully saturated rings. The highest BCUT2D eigenvalue weighted by atomic mass is 32.1. The van der Waals surface area contributed by atoms with Crippen molar-refractivity contribution in [3.8, 4) is 0 Å². The maximum Gasteiger partial charge on any atom is 0.391 e. The first-order valence-corrected chi connectivity index (χ1v) is 7.20. The molecular weight excluding hydrogens is 291 g/mol. The number of carboxylic acids is 1. The van der Waals surface area contributed by atoms with E-state index in [-0.39, 0.29) is 17.7 Å². The second-order valence-corrected chi connectivity index (χ2v) is 6.35. The van der Waals surface area contributed by atoms with Crippen LogP contribution in [0.4, 0.5) is 13.2 Å². The Labute approximate surface area is 119 Å². The van der Waals surface area contributed by atoms with Crippen molar-refractivity contribution in [3.63, 3.8) is 0 Å². The minimum Gasteiger partial charge on any atom is -0.477 e. The first-order valence-electron chi connectivity index (χ1n) is 6.39. The summed E-state index contributed by atoms with van der Waals surface area (Å²) in [4.78, 5) is 14.0. The van der Waals surface area contributed by atoms with Crippen LogP contribution in [0.15, 0.2) is 6.07 Å². The van der Waals surface area contributed by atoms with Crippen LogP contribution in [0.2, 0.25) is 0 Å². The summed E-state index contributed by atoms with van der Waals surface area (Å²) in [5.41, 5.74) is 0.901. The average molecular weight is 307 g/mol. The molecule has 7 heteroatoms. The third kappa shape index (κ3) is 3.52. The molecule has 0 bridgehead atoms. The topological polar surface area (TPSA) is 40.5 Å². The zero-order chi connectivity index (χ0) is 14.9. The maximum absolute atomic E-state index is 12.6. The van der Waals surface area contributed by atoms with Gasteiger partial charge in [-0.2, -0.15) is 13.2 Å². The summed E-state index contributed by atoms with van der Waals surface area (Å²) in [6, 6.07) is 1.62. The molecule has 1 saturated heterocycles. The Hall–Kier alpha value is -1.08. The molecule has 0 spiro atoms. The quantitative estimate of drug-likeness (QED) is 0.928. The van der Waals surface area contributed by atoms with Crippen molar-refractivity contribution < 1.29 is 23.1 Å². The van der Waals surface area contributed by atoms with Gasteiger partial charge in [-0.15, -0.1) is 11.3 Å². The van der Waals surface area contributed by atoms with E-state index in [0.29, 0.717) is 19.6 Å². The summed E-state index contributed by atoms with van der Waals surface area (Å²) in [6.07, 6.45) is -3.85. The summed E-state index contributed by atoms with van der Waals surface area (Å²) in [6.45, 7) is 3.18. The Balaban J connectivity index is 1.94. The number of thiophene rings is 1. The predicted molar refractivity (Wildman–Crippen MR) is 70.1 cm³/mol. The van der Waals surface area contributed by atoms with Gasteiger partial charge in [0.2, 0.25) is 0 Å². The molecule has 112 valence electrons. The molecule has 0 aromatic carbocycles. The second kappa shape index (κ2) is 5.73. The van der Waals surface area contributed by atoms with Crippen molar-refractivity contribution in [3.05, 3.63) is 21.4 Å². The van der Waals surface area contributed by atoms with Gasteiger partial charge in [0.1, 0.15) is 4.88 Å². The molecule has 1 aliphatic rings. The number of carboxylic acid groups (broad SMARTS) is 1. The molecule has 3 nitrogen and oxygen atoms in total. The van der Waals surface area contributed by atoms with E-state index in [1.54, 1.807) is 6.07 Å². The number of aryl methyl sites for hydroxylation is 1. The molecule has 1 aromatic rings. The van der Waals surface area contributed by atoms with Gasteiger partial charge in [0.15, 0.2) is 0 Å². The van der Waals surface area contributed by atoms with Crippen molar-refractivity contribution in [2.24, 2.45) is 5.92 Å². The van der Waals surface area contributed by atoms with Crippen molar-refractivity contribution in [1.82, 2.24) is 4.90 Å². The van der Waals surface area contributed by atoms with Gasteiger partial charge < -0.3 is 5.11 Å². The number of halogens is 3. The van der Waals surface area contributed by atoms with Gasteiger partial charge in [-0.25, -0.2) is 4.79 Å². The van der Waals surface area contributed by atoms with Crippen LogP contribution in [0.5, 0.6) is 0 Å². The number of piperidine rings is 1. The third-order valence-electron chi connectivity index (χ3n) is 3.68. The Kier molecular flexibility index (Phi) is 4.39. The van der Waals surface area contributed by atoms with Gasteiger partial charge >= 0.3 is 12.1 Å². The molecule has 2 heterocycles. The minimum atomic E-state index is -4.10. The lowest BCUT2D eigenvalue weighted by Crippen LogP contribution is -2.38. The van der Waals surface area contributed by atoms with Crippen LogP contribution in [0.25, 0.3) is 0 Å². The summed E-state index contributed by atoms with van der Waals surface area (Å²) in [7, 11) is 0. The second-order valence-electron chi connectivity index (χ2n) is 5.09. The van der Waals surface area contributed by atoms with Crippen LogP contribution in [0.1, 0.15) is 33.0 Å². The highest BCUT2D eigenvalue weighted by molar-refractivity contribution is 7.14. The third-order valence-corrected chi connectivity index (χ3v) is 4.76. The van der Waals surface area contributed by atoms with Crippen LogP contribution in [-0.4, -0.2) is 35.2 Å². The molecule has 1 aromatic heterocycles. The van der Waals surface area contributed by atoms with Crippen LogP contribution in [-0.2, 0) is 6.54 Å². The first kappa shape index (κ1) is 15.3. The van der Waals surface area contributed by atoms with Crippen LogP contribution in [0, 0.1) is 12.8 Å². The van der Waals surface area contributed by atoms with Gasteiger partial charge in [0, 0.05) is 11.4 Å². The summed E-state index contributed by atoms with van der Waals surface area (Å²) in [5, 5.41) is 8.92. The molecular formula is C13H16F3NO2S. The highest BCUT2D eigenvalue weighted by Gasteiger charge is 2.41. The van der Waals surface area contributed by atoms with Crippen molar-refractivity contribution in [2.45, 2.75) is 32.5 Å². The number of likely N-dealkylation sites (tertiary alicyclic amines) is 1. The summed E-state index contributed by atoms with van der Waals surface area (Å²) >= 11 is 1.21. The molecule has 0 unspecified atom stereocenters. The fourth-order valence-electron chi connectivity index (χ4n) is 2.44. The van der Waals surface area contributed by atoms with E-state index in [4.69, 9.17) is 5.11 Å². The fourth-order valence-corrected chi connectivity index (χ4v) is 3.31. The van der Waals surface area contributed by atoms with Crippen molar-refractivity contribution >= 4 is 17.3 Å². The van der Waals surface area contributed by atoms with Crippen molar-refractivity contribution in [1.29, 1.82) is 0 Å². The average Bonchev–Trinajstić information content (AvgIpc) is 2.71. The van der Waals surface area contributed by atoms with E-state index in [9.17, 15) is 18.0 Å². The predicted octanol–water partition coefficient (Wildman–Crippen LogP) is 3.53. The van der Waals surface area contributed by atoms with Gasteiger partial charge in [-0.1, -0.05) is 0 Å². The molecule has 2 rings (SSSR count).